The van der Waals surface area contributed by atoms with Gasteiger partial charge in [0.2, 0.25) is 5.91 Å². The molecule has 92 valence electrons. The van der Waals surface area contributed by atoms with Gasteiger partial charge in [0.15, 0.2) is 0 Å². The minimum Gasteiger partial charge on any atom is -0.348 e. The number of nitrogens with one attached hydrogen (secondary N) is 2. The zero-order valence-electron chi connectivity index (χ0n) is 10.3. The summed E-state index contributed by atoms with van der Waals surface area (Å²) in [6.07, 6.45) is 1.75. The largest absolute Gasteiger partial charge is 0.348 e. The topological polar surface area (TPSA) is 54.0 Å². The zero-order valence-corrected chi connectivity index (χ0v) is 10.3. The number of nitrogens with zero attached hydrogens (tertiary/aromatic N) is 1. The molecule has 1 unspecified atom stereocenters. The summed E-state index contributed by atoms with van der Waals surface area (Å²) in [6.45, 7) is 5.86. The Bertz CT molecular complexity index is 376. The van der Waals surface area contributed by atoms with E-state index in [4.69, 9.17) is 0 Å². The highest BCUT2D eigenvalue weighted by atomic mass is 16.1. The van der Waals surface area contributed by atoms with Gasteiger partial charge in [0.05, 0.1) is 11.7 Å². The molecule has 4 heteroatoms. The number of carbonyl (C=O) groups is 1. The molecule has 1 aromatic heterocycles. The highest BCUT2D eigenvalue weighted by molar-refractivity contribution is 5.79. The van der Waals surface area contributed by atoms with Gasteiger partial charge in [0.25, 0.3) is 0 Å². The van der Waals surface area contributed by atoms with Gasteiger partial charge in [-0.25, -0.2) is 0 Å². The maximum absolute atomic E-state index is 12.0. The fraction of sp³-hybridized carbons (Fsp3) is 0.538. The molecule has 2 heterocycles. The molecule has 4 nitrogen and oxygen atoms in total. The van der Waals surface area contributed by atoms with Crippen molar-refractivity contribution in [1.82, 2.24) is 15.6 Å². The second kappa shape index (κ2) is 5.27. The number of pyridine rings is 1. The summed E-state index contributed by atoms with van der Waals surface area (Å²) in [7, 11) is 0. The number of amides is 1. The van der Waals surface area contributed by atoms with E-state index in [1.54, 1.807) is 6.20 Å². The lowest BCUT2D eigenvalue weighted by molar-refractivity contribution is -0.127. The summed E-state index contributed by atoms with van der Waals surface area (Å²) < 4.78 is 0. The van der Waals surface area contributed by atoms with Crippen LogP contribution in [0.25, 0.3) is 0 Å². The second-order valence-corrected chi connectivity index (χ2v) is 4.69. The molecule has 1 fully saturated rings. The monoisotopic (exact) mass is 233 g/mol. The molecule has 0 aliphatic carbocycles. The van der Waals surface area contributed by atoms with Crippen molar-refractivity contribution in [1.29, 1.82) is 0 Å². The fourth-order valence-electron chi connectivity index (χ4n) is 1.93. The van der Waals surface area contributed by atoms with Crippen molar-refractivity contribution in [2.75, 3.05) is 13.1 Å². The third-order valence-corrected chi connectivity index (χ3v) is 3.42. The van der Waals surface area contributed by atoms with Crippen LogP contribution in [-0.4, -0.2) is 24.0 Å². The Balaban J connectivity index is 1.89. The van der Waals surface area contributed by atoms with Gasteiger partial charge in [-0.05, 0) is 38.1 Å². The van der Waals surface area contributed by atoms with Crippen molar-refractivity contribution in [2.24, 2.45) is 11.8 Å². The van der Waals surface area contributed by atoms with Crippen molar-refractivity contribution < 1.29 is 4.79 Å². The molecular weight excluding hydrogens is 214 g/mol. The van der Waals surface area contributed by atoms with E-state index in [9.17, 15) is 4.79 Å². The maximum Gasteiger partial charge on any atom is 0.223 e. The molecule has 0 radical (unpaired) electrons. The summed E-state index contributed by atoms with van der Waals surface area (Å²) in [6, 6.07) is 5.71. The molecule has 0 aromatic carbocycles. The van der Waals surface area contributed by atoms with E-state index in [0.29, 0.717) is 5.92 Å². The van der Waals surface area contributed by atoms with Crippen LogP contribution in [0.3, 0.4) is 0 Å². The van der Waals surface area contributed by atoms with Gasteiger partial charge in [-0.1, -0.05) is 13.0 Å². The molecule has 1 saturated heterocycles. The third kappa shape index (κ3) is 2.82. The third-order valence-electron chi connectivity index (χ3n) is 3.42. The molecule has 2 rings (SSSR count). The molecule has 2 N–H and O–H groups in total. The predicted molar refractivity (Wildman–Crippen MR) is 66.3 cm³/mol. The number of aromatic nitrogens is 1. The van der Waals surface area contributed by atoms with Crippen LogP contribution in [0.4, 0.5) is 0 Å². The average Bonchev–Trinajstić information content (AvgIpc) is 2.27. The van der Waals surface area contributed by atoms with E-state index in [2.05, 4.69) is 15.6 Å². The minimum absolute atomic E-state index is 0.0285. The van der Waals surface area contributed by atoms with Crippen LogP contribution in [0.5, 0.6) is 0 Å². The van der Waals surface area contributed by atoms with E-state index in [-0.39, 0.29) is 17.9 Å². The Hall–Kier alpha value is -1.42. The summed E-state index contributed by atoms with van der Waals surface area (Å²) >= 11 is 0. The molecule has 1 aliphatic rings. The Morgan fingerprint density at radius 1 is 1.47 bits per heavy atom. The Kier molecular flexibility index (Phi) is 3.74. The predicted octanol–water partition coefficient (Wildman–Crippen LogP) is 1.11. The SMILES string of the molecule is CC(C(=O)N[C@H](C)c1ccccn1)C1CNC1. The van der Waals surface area contributed by atoms with Gasteiger partial charge < -0.3 is 10.6 Å². The number of carbonyl (C=O) groups excluding carboxylic acids is 1. The second-order valence-electron chi connectivity index (χ2n) is 4.69. The van der Waals surface area contributed by atoms with Crippen molar-refractivity contribution in [3.8, 4) is 0 Å². The van der Waals surface area contributed by atoms with Crippen LogP contribution in [-0.2, 0) is 4.79 Å². The molecule has 1 amide bonds. The smallest absolute Gasteiger partial charge is 0.223 e. The van der Waals surface area contributed by atoms with Crippen molar-refractivity contribution in [2.45, 2.75) is 19.9 Å². The highest BCUT2D eigenvalue weighted by Crippen LogP contribution is 2.17. The number of hydrogen-bond acceptors (Lipinski definition) is 3. The summed E-state index contributed by atoms with van der Waals surface area (Å²) in [4.78, 5) is 16.2. The van der Waals surface area contributed by atoms with Gasteiger partial charge in [0.1, 0.15) is 0 Å². The van der Waals surface area contributed by atoms with E-state index in [1.165, 1.54) is 0 Å². The standard InChI is InChI=1S/C13H19N3O/c1-9(11-7-14-8-11)13(17)16-10(2)12-5-3-4-6-15-12/h3-6,9-11,14H,7-8H2,1-2H3,(H,16,17)/t9?,10-/m1/s1. The lowest BCUT2D eigenvalue weighted by Crippen LogP contribution is -2.49. The van der Waals surface area contributed by atoms with Gasteiger partial charge in [0, 0.05) is 12.1 Å². The molecule has 17 heavy (non-hydrogen) atoms. The first-order chi connectivity index (χ1) is 8.18. The number of hydrogen-bond donors (Lipinski definition) is 2. The van der Waals surface area contributed by atoms with Gasteiger partial charge in [-0.3, -0.25) is 9.78 Å². The Morgan fingerprint density at radius 2 is 2.24 bits per heavy atom. The molecule has 2 atom stereocenters. The van der Waals surface area contributed by atoms with Crippen molar-refractivity contribution in [3.05, 3.63) is 30.1 Å². The molecular formula is C13H19N3O. The van der Waals surface area contributed by atoms with E-state index < -0.39 is 0 Å². The summed E-state index contributed by atoms with van der Waals surface area (Å²) in [5.74, 6) is 0.669. The lowest BCUT2D eigenvalue weighted by atomic mass is 9.88. The van der Waals surface area contributed by atoms with Crippen LogP contribution < -0.4 is 10.6 Å². The van der Waals surface area contributed by atoms with Gasteiger partial charge in [-0.2, -0.15) is 0 Å². The van der Waals surface area contributed by atoms with Crippen LogP contribution in [0, 0.1) is 11.8 Å². The van der Waals surface area contributed by atoms with Crippen LogP contribution >= 0.6 is 0 Å². The highest BCUT2D eigenvalue weighted by Gasteiger charge is 2.29. The van der Waals surface area contributed by atoms with Gasteiger partial charge >= 0.3 is 0 Å². The average molecular weight is 233 g/mol. The maximum atomic E-state index is 12.0. The molecule has 1 aromatic rings. The van der Waals surface area contributed by atoms with Crippen molar-refractivity contribution >= 4 is 5.91 Å². The quantitative estimate of drug-likeness (QED) is 0.819. The van der Waals surface area contributed by atoms with E-state index in [0.717, 1.165) is 18.8 Å². The number of rotatable bonds is 4. The van der Waals surface area contributed by atoms with E-state index in [1.807, 2.05) is 32.0 Å². The zero-order chi connectivity index (χ0) is 12.3. The van der Waals surface area contributed by atoms with Crippen LogP contribution in [0.1, 0.15) is 25.6 Å². The first-order valence-corrected chi connectivity index (χ1v) is 6.10. The Morgan fingerprint density at radius 3 is 2.76 bits per heavy atom. The summed E-state index contributed by atoms with van der Waals surface area (Å²) in [5, 5.41) is 6.21. The van der Waals surface area contributed by atoms with Crippen molar-refractivity contribution in [3.63, 3.8) is 0 Å². The first kappa shape index (κ1) is 12.0. The normalized spacial score (nSPS) is 19.2. The molecule has 1 aliphatic heterocycles. The van der Waals surface area contributed by atoms with Crippen LogP contribution in [0.15, 0.2) is 24.4 Å². The Labute approximate surface area is 102 Å². The summed E-state index contributed by atoms with van der Waals surface area (Å²) in [5.41, 5.74) is 0.903. The molecule has 0 spiro atoms. The molecule has 0 saturated carbocycles. The first-order valence-electron chi connectivity index (χ1n) is 6.10. The lowest BCUT2D eigenvalue weighted by Gasteiger charge is -2.32. The van der Waals surface area contributed by atoms with E-state index >= 15 is 0 Å². The minimum atomic E-state index is -0.0285. The fourth-order valence-corrected chi connectivity index (χ4v) is 1.93. The van der Waals surface area contributed by atoms with Crippen LogP contribution in [0.2, 0.25) is 0 Å². The van der Waals surface area contributed by atoms with Gasteiger partial charge in [-0.15, -0.1) is 0 Å². The molecule has 0 bridgehead atoms.